The van der Waals surface area contributed by atoms with Gasteiger partial charge in [0.25, 0.3) is 0 Å². The second kappa shape index (κ2) is 19.9. The summed E-state index contributed by atoms with van der Waals surface area (Å²) in [6.45, 7) is 14.8. The number of hydrogen-bond donors (Lipinski definition) is 5. The van der Waals surface area contributed by atoms with Gasteiger partial charge in [0.15, 0.2) is 5.11 Å². The quantitative estimate of drug-likeness (QED) is 0.153. The number of Topliss-reactive ketones (excluding diaryl/α,β-unsaturated/α-hetero) is 2. The summed E-state index contributed by atoms with van der Waals surface area (Å²) in [6.07, 6.45) is -0.209. The summed E-state index contributed by atoms with van der Waals surface area (Å²) in [5.41, 5.74) is 0. The summed E-state index contributed by atoms with van der Waals surface area (Å²) < 4.78 is 0. The molecule has 34 heavy (non-hydrogen) atoms. The summed E-state index contributed by atoms with van der Waals surface area (Å²) in [6, 6.07) is 0.244. The van der Waals surface area contributed by atoms with E-state index < -0.39 is 0 Å². The minimum absolute atomic E-state index is 0. The highest BCUT2D eigenvalue weighted by Crippen LogP contribution is 1.98. The first kappa shape index (κ1) is 36.0. The van der Waals surface area contributed by atoms with Gasteiger partial charge in [-0.3, -0.25) is 24.0 Å². The van der Waals surface area contributed by atoms with E-state index >= 15 is 0 Å². The summed E-state index contributed by atoms with van der Waals surface area (Å²) in [5.74, 6) is -1.32. The zero-order valence-electron chi connectivity index (χ0n) is 21.1. The van der Waals surface area contributed by atoms with Crippen molar-refractivity contribution in [1.29, 1.82) is 0 Å². The van der Waals surface area contributed by atoms with Gasteiger partial charge in [0, 0.05) is 23.8 Å². The number of hydrogen-bond acceptors (Lipinski definition) is 6. The Morgan fingerprint density at radius 3 is 1.32 bits per heavy atom. The van der Waals surface area contributed by atoms with Crippen LogP contribution in [0.1, 0.15) is 75.7 Å². The van der Waals surface area contributed by atoms with Crippen LogP contribution in [0.2, 0.25) is 0 Å². The third-order valence-corrected chi connectivity index (χ3v) is 4.25. The molecule has 0 saturated carbocycles. The number of rotatable bonds is 12. The maximum atomic E-state index is 11.3. The lowest BCUT2D eigenvalue weighted by atomic mass is 10.1. The van der Waals surface area contributed by atoms with Crippen LogP contribution in [0.5, 0.6) is 0 Å². The molecule has 0 aromatic heterocycles. The highest BCUT2D eigenvalue weighted by atomic mass is 32.1. The Bertz CT molecular complexity index is 679. The Morgan fingerprint density at radius 1 is 0.618 bits per heavy atom. The molecule has 0 aliphatic heterocycles. The zero-order valence-corrected chi connectivity index (χ0v) is 21.9. The number of ketones is 2. The van der Waals surface area contributed by atoms with Crippen molar-refractivity contribution in [3.8, 4) is 0 Å². The molecule has 0 aliphatic rings. The van der Waals surface area contributed by atoms with Gasteiger partial charge in [0.05, 0.1) is 26.2 Å². The first-order valence-electron chi connectivity index (χ1n) is 11.1. The molecule has 10 nitrogen and oxygen atoms in total. The van der Waals surface area contributed by atoms with E-state index in [9.17, 15) is 24.0 Å². The van der Waals surface area contributed by atoms with E-state index in [4.69, 9.17) is 12.2 Å². The van der Waals surface area contributed by atoms with E-state index in [1.54, 1.807) is 41.5 Å². The maximum Gasteiger partial charge on any atom is 0.228 e. The fourth-order valence-electron chi connectivity index (χ4n) is 1.82. The molecule has 0 saturated heterocycles. The van der Waals surface area contributed by atoms with E-state index in [-0.39, 0.29) is 86.7 Å². The molecule has 11 heteroatoms. The van der Waals surface area contributed by atoms with Crippen molar-refractivity contribution in [1.82, 2.24) is 26.6 Å². The Kier molecular flexibility index (Phi) is 21.0. The lowest BCUT2D eigenvalue weighted by Crippen LogP contribution is -2.44. The van der Waals surface area contributed by atoms with Crippen molar-refractivity contribution < 1.29 is 24.0 Å². The topological polar surface area (TPSA) is 146 Å². The van der Waals surface area contributed by atoms with Crippen LogP contribution in [-0.2, 0) is 24.0 Å². The van der Waals surface area contributed by atoms with Gasteiger partial charge in [-0.25, -0.2) is 0 Å². The predicted octanol–water partition coefficient (Wildman–Crippen LogP) is 1.63. The fraction of sp³-hybridized carbons (Fsp3) is 0.739. The van der Waals surface area contributed by atoms with Crippen LogP contribution in [0.4, 0.5) is 0 Å². The van der Waals surface area contributed by atoms with Crippen molar-refractivity contribution in [2.24, 2.45) is 17.8 Å². The molecule has 0 rings (SSSR count). The second-order valence-electron chi connectivity index (χ2n) is 8.65. The molecule has 0 heterocycles. The average molecular weight is 504 g/mol. The average Bonchev–Trinajstić information content (AvgIpc) is 2.67. The number of thiocarbonyl (C=S) groups is 1. The van der Waals surface area contributed by atoms with E-state index in [0.29, 0.717) is 5.11 Å². The minimum Gasteiger partial charge on any atom is -0.361 e. The SMILES string of the molecule is C.CC(C)C(=O)CC(=O)NCNC(=O)C(C)C.CC(C)NC(=S)NCNC(=O)CC(=O)C(C)C. The van der Waals surface area contributed by atoms with Crippen LogP contribution >= 0.6 is 12.2 Å². The van der Waals surface area contributed by atoms with Crippen LogP contribution in [-0.4, -0.2) is 53.8 Å². The molecule has 0 unspecified atom stereocenters. The Morgan fingerprint density at radius 2 is 1.00 bits per heavy atom. The fourth-order valence-corrected chi connectivity index (χ4v) is 2.13. The molecular formula is C23H45N5O5S. The summed E-state index contributed by atoms with van der Waals surface area (Å²) >= 11 is 4.97. The highest BCUT2D eigenvalue weighted by molar-refractivity contribution is 7.80. The van der Waals surface area contributed by atoms with Crippen LogP contribution in [0.25, 0.3) is 0 Å². The van der Waals surface area contributed by atoms with Crippen LogP contribution in [0.15, 0.2) is 0 Å². The first-order chi connectivity index (χ1) is 15.2. The van der Waals surface area contributed by atoms with E-state index in [1.807, 2.05) is 13.8 Å². The lowest BCUT2D eigenvalue weighted by molar-refractivity contribution is -0.131. The predicted molar refractivity (Wildman–Crippen MR) is 139 cm³/mol. The third-order valence-electron chi connectivity index (χ3n) is 3.98. The van der Waals surface area contributed by atoms with Gasteiger partial charge in [-0.1, -0.05) is 49.0 Å². The molecule has 0 aromatic carbocycles. The zero-order chi connectivity index (χ0) is 26.1. The first-order valence-corrected chi connectivity index (χ1v) is 11.5. The van der Waals surface area contributed by atoms with Gasteiger partial charge in [-0.15, -0.1) is 0 Å². The molecule has 0 radical (unpaired) electrons. The summed E-state index contributed by atoms with van der Waals surface area (Å²) in [4.78, 5) is 56.2. The number of nitrogens with one attached hydrogen (secondary N) is 5. The van der Waals surface area contributed by atoms with Gasteiger partial charge in [0.2, 0.25) is 17.7 Å². The monoisotopic (exact) mass is 503 g/mol. The Hall–Kier alpha value is -2.56. The smallest absolute Gasteiger partial charge is 0.228 e. The van der Waals surface area contributed by atoms with Crippen molar-refractivity contribution in [3.63, 3.8) is 0 Å². The van der Waals surface area contributed by atoms with Crippen LogP contribution in [0, 0.1) is 17.8 Å². The second-order valence-corrected chi connectivity index (χ2v) is 9.06. The molecule has 0 atom stereocenters. The number of carbonyl (C=O) groups is 5. The molecule has 0 fully saturated rings. The van der Waals surface area contributed by atoms with Crippen molar-refractivity contribution in [2.45, 2.75) is 81.7 Å². The van der Waals surface area contributed by atoms with E-state index in [0.717, 1.165) is 0 Å². The minimum atomic E-state index is -0.359. The molecular weight excluding hydrogens is 458 g/mol. The molecule has 0 spiro atoms. The molecule has 0 bridgehead atoms. The van der Waals surface area contributed by atoms with E-state index in [2.05, 4.69) is 26.6 Å². The van der Waals surface area contributed by atoms with Gasteiger partial charge in [-0.05, 0) is 26.1 Å². The van der Waals surface area contributed by atoms with Crippen molar-refractivity contribution >= 4 is 46.6 Å². The van der Waals surface area contributed by atoms with Gasteiger partial charge >= 0.3 is 0 Å². The summed E-state index contributed by atoms with van der Waals surface area (Å²) in [7, 11) is 0. The third kappa shape index (κ3) is 21.3. The number of amides is 3. The molecule has 5 N–H and O–H groups in total. The van der Waals surface area contributed by atoms with Crippen LogP contribution in [0.3, 0.4) is 0 Å². The summed E-state index contributed by atoms with van der Waals surface area (Å²) in [5, 5.41) is 13.9. The van der Waals surface area contributed by atoms with Crippen molar-refractivity contribution in [3.05, 3.63) is 0 Å². The highest BCUT2D eigenvalue weighted by Gasteiger charge is 2.13. The van der Waals surface area contributed by atoms with Gasteiger partial charge in [-0.2, -0.15) is 0 Å². The Balaban J connectivity index is -0.000000550. The van der Waals surface area contributed by atoms with Crippen LogP contribution < -0.4 is 26.6 Å². The normalized spacial score (nSPS) is 10.0. The maximum absolute atomic E-state index is 11.3. The van der Waals surface area contributed by atoms with Gasteiger partial charge in [0.1, 0.15) is 11.6 Å². The van der Waals surface area contributed by atoms with Gasteiger partial charge < -0.3 is 26.6 Å². The van der Waals surface area contributed by atoms with Crippen molar-refractivity contribution in [2.75, 3.05) is 13.3 Å². The van der Waals surface area contributed by atoms with E-state index in [1.165, 1.54) is 0 Å². The number of carbonyl (C=O) groups excluding carboxylic acids is 5. The standard InChI is InChI=1S/C11H21N3O2S.C11H20N2O3.CH4/c1-7(2)9(15)5-10(16)12-6-13-11(17)14-8(3)4;1-7(2)9(14)5-10(15)12-6-13-11(16)8(3)4;/h7-8H,5-6H2,1-4H3,(H,12,16)(H2,13,14,17);7-8H,5-6H2,1-4H3,(H,12,15)(H,13,16);1H4. The molecule has 0 aliphatic carbocycles. The largest absolute Gasteiger partial charge is 0.361 e. The Labute approximate surface area is 210 Å². The molecule has 0 aromatic rings. The molecule has 198 valence electrons. The lowest BCUT2D eigenvalue weighted by Gasteiger charge is -2.13. The molecule has 3 amide bonds.